The van der Waals surface area contributed by atoms with Gasteiger partial charge < -0.3 is 9.64 Å². The molecule has 2 aromatic rings. The third-order valence-electron chi connectivity index (χ3n) is 4.84. The highest BCUT2D eigenvalue weighted by atomic mass is 16.6. The molecule has 0 N–H and O–H groups in total. The highest BCUT2D eigenvalue weighted by molar-refractivity contribution is 6.03. The number of anilines is 1. The first-order valence-electron chi connectivity index (χ1n) is 8.61. The number of aromatic nitrogens is 1. The van der Waals surface area contributed by atoms with Crippen molar-refractivity contribution in [1.29, 1.82) is 0 Å². The second-order valence-electron chi connectivity index (χ2n) is 6.72. The van der Waals surface area contributed by atoms with Gasteiger partial charge in [-0.05, 0) is 39.0 Å². The molecule has 0 bridgehead atoms. The molecule has 1 aliphatic heterocycles. The second kappa shape index (κ2) is 6.91. The van der Waals surface area contributed by atoms with Gasteiger partial charge in [-0.2, -0.15) is 0 Å². The Morgan fingerprint density at radius 2 is 1.96 bits per heavy atom. The number of Topliss-reactive ketones (excluding diaryl/α,β-unsaturated/α-hetero) is 1. The summed E-state index contributed by atoms with van der Waals surface area (Å²) in [5.41, 5.74) is 0.192. The molecule has 1 aliphatic rings. The Bertz CT molecular complexity index is 1060. The standard InChI is InChI=1S/C19H19N3O6/c1-10-7-17(23)21(9-15(10)22(26)27)11(2)18(24)13-5-6-16-14(8-13)20(4)19(25)12(3)28-16/h5-9,11-12H,1-4H3. The van der Waals surface area contributed by atoms with E-state index in [0.717, 1.165) is 16.8 Å². The summed E-state index contributed by atoms with van der Waals surface area (Å²) in [7, 11) is 1.59. The van der Waals surface area contributed by atoms with Gasteiger partial charge in [0, 0.05) is 24.2 Å². The fourth-order valence-electron chi connectivity index (χ4n) is 3.16. The van der Waals surface area contributed by atoms with Crippen molar-refractivity contribution in [2.45, 2.75) is 32.9 Å². The monoisotopic (exact) mass is 385 g/mol. The van der Waals surface area contributed by atoms with Gasteiger partial charge in [0.2, 0.25) is 0 Å². The lowest BCUT2D eigenvalue weighted by molar-refractivity contribution is -0.386. The maximum atomic E-state index is 12.9. The molecule has 1 amide bonds. The van der Waals surface area contributed by atoms with Crippen LogP contribution in [0.1, 0.15) is 35.8 Å². The summed E-state index contributed by atoms with van der Waals surface area (Å²) in [6, 6.07) is 4.83. The van der Waals surface area contributed by atoms with Gasteiger partial charge in [0.25, 0.3) is 17.2 Å². The highest BCUT2D eigenvalue weighted by Gasteiger charge is 2.30. The van der Waals surface area contributed by atoms with E-state index in [1.807, 2.05) is 0 Å². The zero-order chi connectivity index (χ0) is 20.7. The normalized spacial score (nSPS) is 16.9. The molecular weight excluding hydrogens is 366 g/mol. The van der Waals surface area contributed by atoms with Crippen molar-refractivity contribution < 1.29 is 19.2 Å². The van der Waals surface area contributed by atoms with E-state index in [1.54, 1.807) is 26.1 Å². The van der Waals surface area contributed by atoms with Crippen LogP contribution in [0, 0.1) is 17.0 Å². The van der Waals surface area contributed by atoms with Crippen LogP contribution in [-0.4, -0.2) is 34.3 Å². The summed E-state index contributed by atoms with van der Waals surface area (Å²) in [4.78, 5) is 49.3. The fourth-order valence-corrected chi connectivity index (χ4v) is 3.16. The van der Waals surface area contributed by atoms with E-state index in [2.05, 4.69) is 0 Å². The molecule has 3 rings (SSSR count). The van der Waals surface area contributed by atoms with Crippen LogP contribution >= 0.6 is 0 Å². The lowest BCUT2D eigenvalue weighted by Crippen LogP contribution is -2.42. The number of fused-ring (bicyclic) bond motifs is 1. The van der Waals surface area contributed by atoms with Gasteiger partial charge >= 0.3 is 0 Å². The van der Waals surface area contributed by atoms with Crippen molar-refractivity contribution in [3.63, 3.8) is 0 Å². The molecule has 146 valence electrons. The van der Waals surface area contributed by atoms with Gasteiger partial charge in [-0.3, -0.25) is 29.1 Å². The average molecular weight is 385 g/mol. The molecule has 9 nitrogen and oxygen atoms in total. The molecule has 0 fully saturated rings. The minimum atomic E-state index is -0.964. The van der Waals surface area contributed by atoms with Crippen LogP contribution in [0.3, 0.4) is 0 Å². The Balaban J connectivity index is 2.00. The Morgan fingerprint density at radius 3 is 2.61 bits per heavy atom. The van der Waals surface area contributed by atoms with Crippen molar-refractivity contribution >= 4 is 23.1 Å². The predicted octanol–water partition coefficient (Wildman–Crippen LogP) is 2.25. The second-order valence-corrected chi connectivity index (χ2v) is 6.72. The zero-order valence-electron chi connectivity index (χ0n) is 15.8. The number of carbonyl (C=O) groups is 2. The van der Waals surface area contributed by atoms with Crippen molar-refractivity contribution in [3.8, 4) is 5.75 Å². The smallest absolute Gasteiger partial charge is 0.288 e. The van der Waals surface area contributed by atoms with Crippen LogP contribution < -0.4 is 15.2 Å². The minimum Gasteiger partial charge on any atom is -0.479 e. The van der Waals surface area contributed by atoms with Gasteiger partial charge in [0.05, 0.1) is 22.8 Å². The number of hydrogen-bond acceptors (Lipinski definition) is 6. The zero-order valence-corrected chi connectivity index (χ0v) is 15.8. The maximum Gasteiger partial charge on any atom is 0.288 e. The number of carbonyl (C=O) groups excluding carboxylic acids is 2. The van der Waals surface area contributed by atoms with E-state index < -0.39 is 28.4 Å². The van der Waals surface area contributed by atoms with Crippen LogP contribution in [0.2, 0.25) is 0 Å². The first-order valence-corrected chi connectivity index (χ1v) is 8.61. The lowest BCUT2D eigenvalue weighted by Gasteiger charge is -2.30. The van der Waals surface area contributed by atoms with Gasteiger partial charge in [-0.25, -0.2) is 0 Å². The third-order valence-corrected chi connectivity index (χ3v) is 4.84. The molecule has 0 spiro atoms. The Labute approximate surface area is 160 Å². The molecule has 2 unspecified atom stereocenters. The van der Waals surface area contributed by atoms with Crippen molar-refractivity contribution in [3.05, 3.63) is 62.1 Å². The van der Waals surface area contributed by atoms with Crippen LogP contribution in [-0.2, 0) is 4.79 Å². The number of benzene rings is 1. The van der Waals surface area contributed by atoms with Gasteiger partial charge in [-0.15, -0.1) is 0 Å². The van der Waals surface area contributed by atoms with Gasteiger partial charge in [0.15, 0.2) is 11.9 Å². The molecule has 0 saturated carbocycles. The molecule has 28 heavy (non-hydrogen) atoms. The number of amides is 1. The molecule has 0 saturated heterocycles. The third kappa shape index (κ3) is 3.15. The van der Waals surface area contributed by atoms with Crippen LogP contribution in [0.4, 0.5) is 11.4 Å². The van der Waals surface area contributed by atoms with E-state index in [4.69, 9.17) is 4.74 Å². The Morgan fingerprint density at radius 1 is 1.29 bits per heavy atom. The molecule has 9 heteroatoms. The highest BCUT2D eigenvalue weighted by Crippen LogP contribution is 2.34. The molecule has 1 aromatic heterocycles. The topological polar surface area (TPSA) is 112 Å². The number of aryl methyl sites for hydroxylation is 1. The minimum absolute atomic E-state index is 0.228. The summed E-state index contributed by atoms with van der Waals surface area (Å²) in [6.07, 6.45) is 0.462. The first-order chi connectivity index (χ1) is 13.1. The molecule has 2 heterocycles. The number of hydrogen-bond donors (Lipinski definition) is 0. The van der Waals surface area contributed by atoms with E-state index in [1.165, 1.54) is 24.8 Å². The molecule has 2 atom stereocenters. The molecular formula is C19H19N3O6. The first kappa shape index (κ1) is 19.3. The molecule has 0 radical (unpaired) electrons. The van der Waals surface area contributed by atoms with Gasteiger partial charge in [0.1, 0.15) is 5.75 Å². The average Bonchev–Trinajstić information content (AvgIpc) is 2.64. The largest absolute Gasteiger partial charge is 0.479 e. The van der Waals surface area contributed by atoms with Crippen molar-refractivity contribution in [1.82, 2.24) is 4.57 Å². The SMILES string of the molecule is Cc1cc(=O)n(C(C)C(=O)c2ccc3c(c2)N(C)C(=O)C(C)O3)cc1[N+](=O)[O-]. The number of likely N-dealkylation sites (N-methyl/N-ethyl adjacent to an activating group) is 1. The number of rotatable bonds is 4. The number of ether oxygens (including phenoxy) is 1. The predicted molar refractivity (Wildman–Crippen MR) is 101 cm³/mol. The summed E-state index contributed by atoms with van der Waals surface area (Å²) >= 11 is 0. The Kier molecular flexibility index (Phi) is 4.76. The maximum absolute atomic E-state index is 12.9. The Hall–Kier alpha value is -3.49. The van der Waals surface area contributed by atoms with E-state index in [-0.39, 0.29) is 22.7 Å². The summed E-state index contributed by atoms with van der Waals surface area (Å²) in [6.45, 7) is 4.60. The van der Waals surface area contributed by atoms with Gasteiger partial charge in [-0.1, -0.05) is 0 Å². The van der Waals surface area contributed by atoms with E-state index >= 15 is 0 Å². The van der Waals surface area contributed by atoms with Crippen molar-refractivity contribution in [2.75, 3.05) is 11.9 Å². The van der Waals surface area contributed by atoms with Crippen LogP contribution in [0.5, 0.6) is 5.75 Å². The quantitative estimate of drug-likeness (QED) is 0.453. The summed E-state index contributed by atoms with van der Waals surface area (Å²) in [5.74, 6) is -0.181. The molecule has 1 aromatic carbocycles. The number of pyridine rings is 1. The van der Waals surface area contributed by atoms with Crippen LogP contribution in [0.15, 0.2) is 35.3 Å². The number of ketones is 1. The van der Waals surface area contributed by atoms with E-state index in [0.29, 0.717) is 11.4 Å². The fraction of sp³-hybridized carbons (Fsp3) is 0.316. The summed E-state index contributed by atoms with van der Waals surface area (Å²) < 4.78 is 6.58. The summed E-state index contributed by atoms with van der Waals surface area (Å²) in [5, 5.41) is 11.2. The van der Waals surface area contributed by atoms with Crippen LogP contribution in [0.25, 0.3) is 0 Å². The van der Waals surface area contributed by atoms with Crippen molar-refractivity contribution in [2.24, 2.45) is 0 Å². The number of nitro groups is 1. The number of nitrogens with zero attached hydrogens (tertiary/aromatic N) is 3. The lowest BCUT2D eigenvalue weighted by atomic mass is 10.0. The molecule has 0 aliphatic carbocycles. The van der Waals surface area contributed by atoms with E-state index in [9.17, 15) is 24.5 Å².